The van der Waals surface area contributed by atoms with Crippen molar-refractivity contribution in [2.75, 3.05) is 39.3 Å². The summed E-state index contributed by atoms with van der Waals surface area (Å²) in [5, 5.41) is 0. The Balaban J connectivity index is 1.63. The molecule has 2 fully saturated rings. The van der Waals surface area contributed by atoms with Gasteiger partial charge in [0.15, 0.2) is 5.78 Å². The summed E-state index contributed by atoms with van der Waals surface area (Å²) in [4.78, 5) is 40.9. The van der Waals surface area contributed by atoms with E-state index in [0.717, 1.165) is 12.8 Å². The molecule has 1 atom stereocenters. The quantitative estimate of drug-likeness (QED) is 0.637. The molecule has 0 radical (unpaired) electrons. The number of hydrogen-bond donors (Lipinski definition) is 0. The van der Waals surface area contributed by atoms with Crippen LogP contribution in [-0.2, 0) is 19.6 Å². The van der Waals surface area contributed by atoms with Crippen molar-refractivity contribution in [1.29, 1.82) is 0 Å². The number of benzene rings is 1. The second kappa shape index (κ2) is 9.31. The highest BCUT2D eigenvalue weighted by Gasteiger charge is 2.37. The molecule has 0 saturated carbocycles. The van der Waals surface area contributed by atoms with Gasteiger partial charge in [0.1, 0.15) is 0 Å². The Morgan fingerprint density at radius 2 is 1.62 bits per heavy atom. The fraction of sp³-hybridized carbons (Fsp3) is 0.609. The van der Waals surface area contributed by atoms with Gasteiger partial charge in [-0.05, 0) is 31.9 Å². The SMILES string of the molecule is CC(=O)c1cccc(S(=O)(=O)N2CCN(C(=O)C3CCCN(C(=O)C(C)(C)C)C3)CC2)c1. The van der Waals surface area contributed by atoms with Crippen LogP contribution in [0.1, 0.15) is 50.9 Å². The van der Waals surface area contributed by atoms with Crippen LogP contribution in [-0.4, -0.2) is 79.4 Å². The van der Waals surface area contributed by atoms with Crippen molar-refractivity contribution >= 4 is 27.6 Å². The number of piperidine rings is 1. The highest BCUT2D eigenvalue weighted by atomic mass is 32.2. The van der Waals surface area contributed by atoms with Gasteiger partial charge in [-0.2, -0.15) is 4.31 Å². The Labute approximate surface area is 190 Å². The van der Waals surface area contributed by atoms with Crippen molar-refractivity contribution in [3.8, 4) is 0 Å². The summed E-state index contributed by atoms with van der Waals surface area (Å²) in [5.74, 6) is -0.389. The summed E-state index contributed by atoms with van der Waals surface area (Å²) in [6.45, 7) is 9.17. The largest absolute Gasteiger partial charge is 0.341 e. The summed E-state index contributed by atoms with van der Waals surface area (Å²) in [6.07, 6.45) is 1.53. The lowest BCUT2D eigenvalue weighted by molar-refractivity contribution is -0.145. The average molecular weight is 464 g/mol. The minimum Gasteiger partial charge on any atom is -0.341 e. The zero-order valence-corrected chi connectivity index (χ0v) is 20.2. The van der Waals surface area contributed by atoms with E-state index in [-0.39, 0.29) is 41.5 Å². The van der Waals surface area contributed by atoms with Gasteiger partial charge in [-0.15, -0.1) is 0 Å². The molecule has 2 saturated heterocycles. The van der Waals surface area contributed by atoms with Gasteiger partial charge in [-0.1, -0.05) is 32.9 Å². The van der Waals surface area contributed by atoms with Gasteiger partial charge < -0.3 is 9.80 Å². The number of amides is 2. The number of hydrogen-bond acceptors (Lipinski definition) is 5. The normalized spacial score (nSPS) is 20.8. The maximum absolute atomic E-state index is 13.1. The number of Topliss-reactive ketones (excluding diaryl/α,β-unsaturated/α-hetero) is 1. The highest BCUT2D eigenvalue weighted by Crippen LogP contribution is 2.26. The van der Waals surface area contributed by atoms with Crippen molar-refractivity contribution in [2.45, 2.75) is 45.4 Å². The van der Waals surface area contributed by atoms with E-state index in [0.29, 0.717) is 31.7 Å². The number of piperazine rings is 1. The molecule has 0 bridgehead atoms. The zero-order valence-electron chi connectivity index (χ0n) is 19.3. The van der Waals surface area contributed by atoms with Gasteiger partial charge in [0, 0.05) is 50.2 Å². The van der Waals surface area contributed by atoms with Crippen molar-refractivity contribution in [3.63, 3.8) is 0 Å². The van der Waals surface area contributed by atoms with E-state index in [4.69, 9.17) is 0 Å². The van der Waals surface area contributed by atoms with Gasteiger partial charge in [0.05, 0.1) is 10.8 Å². The van der Waals surface area contributed by atoms with Crippen LogP contribution in [0.3, 0.4) is 0 Å². The predicted octanol–water partition coefficient (Wildman–Crippen LogP) is 2.01. The predicted molar refractivity (Wildman–Crippen MR) is 121 cm³/mol. The van der Waals surface area contributed by atoms with Crippen LogP contribution in [0.4, 0.5) is 0 Å². The second-order valence-corrected chi connectivity index (χ2v) is 11.6. The van der Waals surface area contributed by atoms with Gasteiger partial charge in [-0.3, -0.25) is 14.4 Å². The van der Waals surface area contributed by atoms with Crippen LogP contribution in [0, 0.1) is 11.3 Å². The van der Waals surface area contributed by atoms with Crippen LogP contribution >= 0.6 is 0 Å². The number of ketones is 1. The third-order valence-electron chi connectivity index (χ3n) is 6.13. The molecule has 2 amide bonds. The molecular weight excluding hydrogens is 430 g/mol. The third kappa shape index (κ3) is 5.20. The van der Waals surface area contributed by atoms with E-state index in [2.05, 4.69) is 0 Å². The third-order valence-corrected chi connectivity index (χ3v) is 8.02. The lowest BCUT2D eigenvalue weighted by atomic mass is 9.90. The Morgan fingerprint density at radius 1 is 0.969 bits per heavy atom. The Morgan fingerprint density at radius 3 is 2.22 bits per heavy atom. The van der Waals surface area contributed by atoms with E-state index < -0.39 is 15.4 Å². The van der Waals surface area contributed by atoms with E-state index in [1.54, 1.807) is 21.9 Å². The molecule has 2 aliphatic heterocycles. The molecule has 1 aromatic rings. The number of likely N-dealkylation sites (tertiary alicyclic amines) is 1. The molecule has 2 aliphatic rings. The molecule has 0 aromatic heterocycles. The highest BCUT2D eigenvalue weighted by molar-refractivity contribution is 7.89. The number of carbonyl (C=O) groups excluding carboxylic acids is 3. The van der Waals surface area contributed by atoms with Gasteiger partial charge >= 0.3 is 0 Å². The molecular formula is C23H33N3O5S. The topological polar surface area (TPSA) is 95.1 Å². The molecule has 176 valence electrons. The monoisotopic (exact) mass is 463 g/mol. The van der Waals surface area contributed by atoms with E-state index in [9.17, 15) is 22.8 Å². The molecule has 0 spiro atoms. The van der Waals surface area contributed by atoms with Crippen molar-refractivity contribution < 1.29 is 22.8 Å². The Bertz CT molecular complexity index is 991. The zero-order chi connectivity index (χ0) is 23.7. The lowest BCUT2D eigenvalue weighted by Crippen LogP contribution is -2.54. The molecule has 3 rings (SSSR count). The van der Waals surface area contributed by atoms with Gasteiger partial charge in [-0.25, -0.2) is 8.42 Å². The first-order valence-electron chi connectivity index (χ1n) is 11.1. The minimum atomic E-state index is -3.74. The smallest absolute Gasteiger partial charge is 0.243 e. The first-order valence-corrected chi connectivity index (χ1v) is 12.5. The molecule has 0 N–H and O–H groups in total. The fourth-order valence-corrected chi connectivity index (χ4v) is 5.74. The molecule has 9 heteroatoms. The van der Waals surface area contributed by atoms with Crippen molar-refractivity contribution in [2.24, 2.45) is 11.3 Å². The second-order valence-electron chi connectivity index (χ2n) is 9.65. The molecule has 8 nitrogen and oxygen atoms in total. The first-order chi connectivity index (χ1) is 14.9. The first kappa shape index (κ1) is 24.4. The van der Waals surface area contributed by atoms with E-state index in [1.807, 2.05) is 20.8 Å². The minimum absolute atomic E-state index is 0.00738. The van der Waals surface area contributed by atoms with Gasteiger partial charge in [0.2, 0.25) is 21.8 Å². The summed E-state index contributed by atoms with van der Waals surface area (Å²) in [7, 11) is -3.74. The van der Waals surface area contributed by atoms with Crippen LogP contribution in [0.5, 0.6) is 0 Å². The van der Waals surface area contributed by atoms with Crippen LogP contribution in [0.25, 0.3) is 0 Å². The summed E-state index contributed by atoms with van der Waals surface area (Å²) < 4.78 is 27.4. The maximum Gasteiger partial charge on any atom is 0.243 e. The Kier molecular flexibility index (Phi) is 7.09. The Hall–Kier alpha value is -2.26. The maximum atomic E-state index is 13.1. The van der Waals surface area contributed by atoms with Crippen molar-refractivity contribution in [3.05, 3.63) is 29.8 Å². The molecule has 32 heavy (non-hydrogen) atoms. The summed E-state index contributed by atoms with van der Waals surface area (Å²) in [6, 6.07) is 6.05. The molecule has 0 aliphatic carbocycles. The molecule has 2 heterocycles. The van der Waals surface area contributed by atoms with E-state index >= 15 is 0 Å². The van der Waals surface area contributed by atoms with Crippen molar-refractivity contribution in [1.82, 2.24) is 14.1 Å². The lowest BCUT2D eigenvalue weighted by Gasteiger charge is -2.40. The molecule has 1 unspecified atom stereocenters. The van der Waals surface area contributed by atoms with E-state index in [1.165, 1.54) is 23.4 Å². The van der Waals surface area contributed by atoms with Crippen LogP contribution < -0.4 is 0 Å². The number of sulfonamides is 1. The molecule has 1 aromatic carbocycles. The fourth-order valence-electron chi connectivity index (χ4n) is 4.27. The average Bonchev–Trinajstić information content (AvgIpc) is 2.77. The number of carbonyl (C=O) groups is 3. The standard InChI is InChI=1S/C23H33N3O5S/c1-17(27)18-7-5-9-20(15-18)32(30,31)26-13-11-24(12-14-26)21(28)19-8-6-10-25(16-19)22(29)23(2,3)4/h5,7,9,15,19H,6,8,10-14,16H2,1-4H3. The van der Waals surface area contributed by atoms with Gasteiger partial charge in [0.25, 0.3) is 0 Å². The van der Waals surface area contributed by atoms with Crippen LogP contribution in [0.2, 0.25) is 0 Å². The number of nitrogens with zero attached hydrogens (tertiary/aromatic N) is 3. The number of rotatable bonds is 4. The summed E-state index contributed by atoms with van der Waals surface area (Å²) in [5.41, 5.74) is -0.128. The van der Waals surface area contributed by atoms with Crippen LogP contribution in [0.15, 0.2) is 29.2 Å². The summed E-state index contributed by atoms with van der Waals surface area (Å²) >= 11 is 0.